The molecule has 2 aromatic rings. The fraction of sp³-hybridized carbons (Fsp3) is 0.188. The highest BCUT2D eigenvalue weighted by atomic mass is 19.4. The predicted molar refractivity (Wildman–Crippen MR) is 74.5 cm³/mol. The Hall–Kier alpha value is -2.55. The van der Waals surface area contributed by atoms with Gasteiger partial charge in [-0.05, 0) is 28.8 Å². The summed E-state index contributed by atoms with van der Waals surface area (Å²) in [5.41, 5.74) is -4.78. The van der Waals surface area contributed by atoms with Crippen LogP contribution >= 0.6 is 0 Å². The summed E-state index contributed by atoms with van der Waals surface area (Å²) in [5, 5.41) is 18.1. The van der Waals surface area contributed by atoms with E-state index in [2.05, 4.69) is 0 Å². The van der Waals surface area contributed by atoms with E-state index in [1.165, 1.54) is 0 Å². The van der Waals surface area contributed by atoms with Gasteiger partial charge in [-0.3, -0.25) is 0 Å². The van der Waals surface area contributed by atoms with Gasteiger partial charge in [0.05, 0.1) is 11.1 Å². The number of rotatable bonds is 3. The van der Waals surface area contributed by atoms with E-state index < -0.39 is 52.2 Å². The summed E-state index contributed by atoms with van der Waals surface area (Å²) >= 11 is 0. The molecule has 0 amide bonds. The number of aliphatic hydroxyl groups is 1. The molecule has 0 bridgehead atoms. The van der Waals surface area contributed by atoms with Gasteiger partial charge in [-0.1, -0.05) is 30.3 Å². The first kappa shape index (κ1) is 18.8. The van der Waals surface area contributed by atoms with Crippen molar-refractivity contribution < 1.29 is 41.4 Å². The van der Waals surface area contributed by atoms with Crippen LogP contribution in [0.2, 0.25) is 0 Å². The SMILES string of the molecule is O=C(O)C(O)c1ccc(-c2ccccc2C(F)(F)F)c(C(F)(F)F)c1. The van der Waals surface area contributed by atoms with Crippen LogP contribution in [0, 0.1) is 0 Å². The molecule has 0 radical (unpaired) electrons. The summed E-state index contributed by atoms with van der Waals surface area (Å²) in [6.07, 6.45) is -12.2. The third kappa shape index (κ3) is 3.93. The van der Waals surface area contributed by atoms with Gasteiger partial charge in [0.25, 0.3) is 0 Å². The Morgan fingerprint density at radius 2 is 1.36 bits per heavy atom. The Morgan fingerprint density at radius 3 is 1.88 bits per heavy atom. The van der Waals surface area contributed by atoms with Crippen molar-refractivity contribution in [2.45, 2.75) is 18.5 Å². The van der Waals surface area contributed by atoms with E-state index in [1.54, 1.807) is 0 Å². The Balaban J connectivity index is 2.74. The molecule has 25 heavy (non-hydrogen) atoms. The Bertz CT molecular complexity index is 795. The number of alkyl halides is 6. The molecule has 134 valence electrons. The molecule has 0 aliphatic rings. The zero-order valence-electron chi connectivity index (χ0n) is 12.2. The molecule has 0 fully saturated rings. The Kier molecular flexibility index (Phi) is 4.81. The summed E-state index contributed by atoms with van der Waals surface area (Å²) in [6.45, 7) is 0. The van der Waals surface area contributed by atoms with Crippen LogP contribution in [0.5, 0.6) is 0 Å². The van der Waals surface area contributed by atoms with Crippen molar-refractivity contribution in [2.75, 3.05) is 0 Å². The lowest BCUT2D eigenvalue weighted by molar-refractivity contribution is -0.147. The lowest BCUT2D eigenvalue weighted by Gasteiger charge is -2.19. The van der Waals surface area contributed by atoms with Crippen LogP contribution in [0.25, 0.3) is 11.1 Å². The molecule has 1 unspecified atom stereocenters. The summed E-state index contributed by atoms with van der Waals surface area (Å²) in [4.78, 5) is 10.7. The zero-order chi connectivity index (χ0) is 19.0. The summed E-state index contributed by atoms with van der Waals surface area (Å²) in [6, 6.07) is 5.63. The smallest absolute Gasteiger partial charge is 0.417 e. The average molecular weight is 364 g/mol. The van der Waals surface area contributed by atoms with Crippen molar-refractivity contribution in [3.63, 3.8) is 0 Å². The first-order valence-electron chi connectivity index (χ1n) is 6.71. The first-order chi connectivity index (χ1) is 11.4. The number of halogens is 6. The van der Waals surface area contributed by atoms with Gasteiger partial charge in [-0.15, -0.1) is 0 Å². The van der Waals surface area contributed by atoms with Crippen LogP contribution in [-0.2, 0) is 17.1 Å². The van der Waals surface area contributed by atoms with E-state index in [9.17, 15) is 36.2 Å². The highest BCUT2D eigenvalue weighted by molar-refractivity contribution is 5.76. The van der Waals surface area contributed by atoms with Gasteiger partial charge in [0, 0.05) is 0 Å². The monoisotopic (exact) mass is 364 g/mol. The minimum Gasteiger partial charge on any atom is -0.479 e. The molecule has 0 aliphatic carbocycles. The lowest BCUT2D eigenvalue weighted by Crippen LogP contribution is -2.15. The van der Waals surface area contributed by atoms with Gasteiger partial charge in [0.1, 0.15) is 0 Å². The van der Waals surface area contributed by atoms with Crippen molar-refractivity contribution in [3.05, 3.63) is 59.2 Å². The molecule has 2 N–H and O–H groups in total. The summed E-state index contributed by atoms with van der Waals surface area (Å²) < 4.78 is 79.1. The van der Waals surface area contributed by atoms with Gasteiger partial charge < -0.3 is 10.2 Å². The number of carboxylic acid groups (broad SMARTS) is 1. The van der Waals surface area contributed by atoms with Crippen molar-refractivity contribution in [2.24, 2.45) is 0 Å². The minimum absolute atomic E-state index is 0.335. The van der Waals surface area contributed by atoms with Crippen LogP contribution in [0.15, 0.2) is 42.5 Å². The van der Waals surface area contributed by atoms with Gasteiger partial charge in [-0.25, -0.2) is 4.79 Å². The fourth-order valence-corrected chi connectivity index (χ4v) is 2.31. The third-order valence-electron chi connectivity index (χ3n) is 3.42. The number of hydrogen-bond donors (Lipinski definition) is 2. The largest absolute Gasteiger partial charge is 0.479 e. The molecule has 0 aromatic heterocycles. The second-order valence-electron chi connectivity index (χ2n) is 5.09. The van der Waals surface area contributed by atoms with Crippen LogP contribution in [0.4, 0.5) is 26.3 Å². The predicted octanol–water partition coefficient (Wildman–Crippen LogP) is 4.51. The van der Waals surface area contributed by atoms with Gasteiger partial charge in [0.2, 0.25) is 0 Å². The molecule has 3 nitrogen and oxygen atoms in total. The van der Waals surface area contributed by atoms with Crippen LogP contribution in [0.3, 0.4) is 0 Å². The topological polar surface area (TPSA) is 57.5 Å². The molecule has 0 aliphatic heterocycles. The molecule has 0 spiro atoms. The van der Waals surface area contributed by atoms with Crippen molar-refractivity contribution >= 4 is 5.97 Å². The van der Waals surface area contributed by atoms with E-state index in [-0.39, 0.29) is 0 Å². The van der Waals surface area contributed by atoms with E-state index in [4.69, 9.17) is 5.11 Å². The van der Waals surface area contributed by atoms with E-state index in [1.807, 2.05) is 0 Å². The lowest BCUT2D eigenvalue weighted by atomic mass is 9.92. The standard InChI is InChI=1S/C16H10F6O3/c17-15(18,19)11-4-2-1-3-9(11)10-6-5-8(13(23)14(24)25)7-12(10)16(20,21)22/h1-7,13,23H,(H,24,25). The van der Waals surface area contributed by atoms with Crippen LogP contribution in [0.1, 0.15) is 22.8 Å². The number of hydrogen-bond acceptors (Lipinski definition) is 2. The van der Waals surface area contributed by atoms with E-state index >= 15 is 0 Å². The average Bonchev–Trinajstić information content (AvgIpc) is 2.52. The third-order valence-corrected chi connectivity index (χ3v) is 3.42. The van der Waals surface area contributed by atoms with E-state index in [0.717, 1.165) is 30.3 Å². The van der Waals surface area contributed by atoms with Crippen molar-refractivity contribution in [3.8, 4) is 11.1 Å². The molecule has 0 saturated carbocycles. The van der Waals surface area contributed by atoms with Gasteiger partial charge in [0.15, 0.2) is 6.10 Å². The van der Waals surface area contributed by atoms with Crippen LogP contribution < -0.4 is 0 Å². The van der Waals surface area contributed by atoms with Crippen molar-refractivity contribution in [1.82, 2.24) is 0 Å². The molecule has 2 rings (SSSR count). The molecule has 1 atom stereocenters. The normalized spacial score (nSPS) is 13.6. The zero-order valence-corrected chi connectivity index (χ0v) is 12.2. The fourth-order valence-electron chi connectivity index (χ4n) is 2.31. The maximum absolute atomic E-state index is 13.3. The van der Waals surface area contributed by atoms with Gasteiger partial charge >= 0.3 is 18.3 Å². The van der Waals surface area contributed by atoms with E-state index in [0.29, 0.717) is 12.1 Å². The minimum atomic E-state index is -5.05. The highest BCUT2D eigenvalue weighted by Gasteiger charge is 2.38. The number of aliphatic hydroxyl groups excluding tert-OH is 1. The Morgan fingerprint density at radius 1 is 0.840 bits per heavy atom. The number of carboxylic acids is 1. The molecule has 0 saturated heterocycles. The molecule has 0 heterocycles. The second kappa shape index (κ2) is 6.40. The molecule has 9 heteroatoms. The summed E-state index contributed by atoms with van der Waals surface area (Å²) in [7, 11) is 0. The highest BCUT2D eigenvalue weighted by Crippen LogP contribution is 2.43. The second-order valence-corrected chi connectivity index (χ2v) is 5.09. The molecule has 2 aromatic carbocycles. The number of aliphatic carboxylic acids is 1. The Labute approximate surface area is 137 Å². The molecular weight excluding hydrogens is 354 g/mol. The maximum atomic E-state index is 13.3. The molecular formula is C16H10F6O3. The first-order valence-corrected chi connectivity index (χ1v) is 6.71. The quantitative estimate of drug-likeness (QED) is 0.788. The van der Waals surface area contributed by atoms with Gasteiger partial charge in [-0.2, -0.15) is 26.3 Å². The summed E-state index contributed by atoms with van der Waals surface area (Å²) in [5.74, 6) is -1.78. The number of carbonyl (C=O) groups is 1. The maximum Gasteiger partial charge on any atom is 0.417 e. The van der Waals surface area contributed by atoms with Crippen molar-refractivity contribution in [1.29, 1.82) is 0 Å². The number of benzene rings is 2. The van der Waals surface area contributed by atoms with Crippen LogP contribution in [-0.4, -0.2) is 16.2 Å².